The highest BCUT2D eigenvalue weighted by Crippen LogP contribution is 2.33. The number of nitrogens with zero attached hydrogens (tertiary/aromatic N) is 3. The molecule has 2 N–H and O–H groups in total. The Kier molecular flexibility index (Phi) is 6.86. The molecule has 138 valence electrons. The van der Waals surface area contributed by atoms with Gasteiger partial charge in [0.05, 0.1) is 12.6 Å². The Morgan fingerprint density at radius 2 is 1.96 bits per heavy atom. The van der Waals surface area contributed by atoms with E-state index in [1.807, 2.05) is 18.2 Å². The molecule has 2 heterocycles. The number of thioether (sulfide) groups is 1. The van der Waals surface area contributed by atoms with Crippen LogP contribution in [0.3, 0.4) is 0 Å². The topological polar surface area (TPSA) is 70.9 Å². The van der Waals surface area contributed by atoms with Crippen LogP contribution in [0.2, 0.25) is 0 Å². The monoisotopic (exact) mass is 452 g/mol. The zero-order chi connectivity index (χ0) is 18.5. The molecule has 1 unspecified atom stereocenters. The highest BCUT2D eigenvalue weighted by Gasteiger charge is 2.17. The minimum absolute atomic E-state index is 0.0408. The van der Waals surface area contributed by atoms with Crippen LogP contribution >= 0.6 is 39.0 Å². The van der Waals surface area contributed by atoms with Crippen LogP contribution in [0, 0.1) is 5.92 Å². The first kappa shape index (κ1) is 19.5. The number of thiazole rings is 1. The average molecular weight is 453 g/mol. The number of hydrogen-bond donors (Lipinski definition) is 2. The maximum Gasteiger partial charge on any atom is 0.191 e. The van der Waals surface area contributed by atoms with Gasteiger partial charge in [0, 0.05) is 5.75 Å². The molecule has 1 aromatic carbocycles. The van der Waals surface area contributed by atoms with Crippen LogP contribution in [0.25, 0.3) is 10.3 Å². The van der Waals surface area contributed by atoms with Crippen molar-refractivity contribution in [1.29, 1.82) is 0 Å². The number of rotatable bonds is 8. The zero-order valence-electron chi connectivity index (χ0n) is 14.6. The fraction of sp³-hybridized carbons (Fsp3) is 0.389. The Hall–Kier alpha value is -1.22. The number of benzene rings is 1. The van der Waals surface area contributed by atoms with Crippen LogP contribution in [0.15, 0.2) is 39.4 Å². The van der Waals surface area contributed by atoms with Crippen molar-refractivity contribution in [3.05, 3.63) is 39.8 Å². The number of aromatic nitrogens is 3. The number of aliphatic hydroxyl groups is 1. The minimum Gasteiger partial charge on any atom is -0.394 e. The van der Waals surface area contributed by atoms with Crippen molar-refractivity contribution in [2.24, 2.45) is 5.92 Å². The van der Waals surface area contributed by atoms with Gasteiger partial charge in [0.15, 0.2) is 20.5 Å². The minimum atomic E-state index is -0.0408. The summed E-state index contributed by atoms with van der Waals surface area (Å²) in [5.41, 5.74) is 1.90. The predicted molar refractivity (Wildman–Crippen MR) is 113 cm³/mol. The van der Waals surface area contributed by atoms with E-state index in [1.54, 1.807) is 11.8 Å². The first-order valence-corrected chi connectivity index (χ1v) is 11.0. The first-order valence-electron chi connectivity index (χ1n) is 8.43. The van der Waals surface area contributed by atoms with Crippen molar-refractivity contribution in [1.82, 2.24) is 15.0 Å². The van der Waals surface area contributed by atoms with E-state index < -0.39 is 0 Å². The summed E-state index contributed by atoms with van der Waals surface area (Å²) in [5.74, 6) is 2.03. The quantitative estimate of drug-likeness (QED) is 0.371. The molecule has 2 aromatic heterocycles. The second-order valence-corrected chi connectivity index (χ2v) is 9.62. The van der Waals surface area contributed by atoms with Crippen molar-refractivity contribution >= 4 is 55.2 Å². The van der Waals surface area contributed by atoms with E-state index in [0.717, 1.165) is 26.6 Å². The molecular formula is C18H21BrN4OS2. The molecule has 0 amide bonds. The molecule has 5 nitrogen and oxygen atoms in total. The average Bonchev–Trinajstić information content (AvgIpc) is 3.00. The summed E-state index contributed by atoms with van der Waals surface area (Å²) in [7, 11) is 0. The van der Waals surface area contributed by atoms with Gasteiger partial charge in [-0.05, 0) is 33.8 Å². The Morgan fingerprint density at radius 3 is 2.65 bits per heavy atom. The normalized spacial score (nSPS) is 12.7. The van der Waals surface area contributed by atoms with Crippen molar-refractivity contribution < 1.29 is 5.11 Å². The second-order valence-electron chi connectivity index (χ2n) is 6.40. The van der Waals surface area contributed by atoms with Gasteiger partial charge in [-0.25, -0.2) is 15.0 Å². The third kappa shape index (κ3) is 5.16. The van der Waals surface area contributed by atoms with Crippen molar-refractivity contribution in [3.63, 3.8) is 0 Å². The number of halogens is 1. The molecule has 26 heavy (non-hydrogen) atoms. The van der Waals surface area contributed by atoms with Gasteiger partial charge in [-0.15, -0.1) is 11.3 Å². The Balaban J connectivity index is 1.85. The summed E-state index contributed by atoms with van der Waals surface area (Å²) >= 11 is 6.52. The number of nitrogens with one attached hydrogen (secondary N) is 1. The highest BCUT2D eigenvalue weighted by atomic mass is 79.9. The van der Waals surface area contributed by atoms with Crippen LogP contribution in [-0.2, 0) is 5.75 Å². The molecule has 0 fully saturated rings. The first-order chi connectivity index (χ1) is 12.5. The SMILES string of the molecule is CC(C)CC(CO)Nc1nc(SCc2ccccc2)nc2nc(Br)sc12. The number of anilines is 1. The zero-order valence-corrected chi connectivity index (χ0v) is 17.9. The highest BCUT2D eigenvalue weighted by molar-refractivity contribution is 9.11. The van der Waals surface area contributed by atoms with Gasteiger partial charge in [0.1, 0.15) is 4.70 Å². The lowest BCUT2D eigenvalue weighted by atomic mass is 10.0. The van der Waals surface area contributed by atoms with Gasteiger partial charge >= 0.3 is 0 Å². The lowest BCUT2D eigenvalue weighted by Crippen LogP contribution is -2.26. The molecule has 0 aliphatic heterocycles. The lowest BCUT2D eigenvalue weighted by Gasteiger charge is -2.19. The molecular weight excluding hydrogens is 432 g/mol. The van der Waals surface area contributed by atoms with Crippen molar-refractivity contribution in [2.45, 2.75) is 37.2 Å². The van der Waals surface area contributed by atoms with E-state index in [-0.39, 0.29) is 12.6 Å². The Labute approximate surface area is 169 Å². The molecule has 0 saturated carbocycles. The van der Waals surface area contributed by atoms with Crippen LogP contribution in [0.1, 0.15) is 25.8 Å². The molecule has 0 aliphatic carbocycles. The predicted octanol–water partition coefficient (Wildman–Crippen LogP) is 4.96. The number of hydrogen-bond acceptors (Lipinski definition) is 7. The fourth-order valence-corrected chi connectivity index (χ4v) is 4.74. The van der Waals surface area contributed by atoms with Crippen LogP contribution in [-0.4, -0.2) is 32.7 Å². The van der Waals surface area contributed by atoms with Crippen LogP contribution in [0.5, 0.6) is 0 Å². The van der Waals surface area contributed by atoms with Gasteiger partial charge in [0.2, 0.25) is 0 Å². The Morgan fingerprint density at radius 1 is 1.19 bits per heavy atom. The molecule has 1 atom stereocenters. The molecule has 8 heteroatoms. The summed E-state index contributed by atoms with van der Waals surface area (Å²) in [4.78, 5) is 13.7. The van der Waals surface area contributed by atoms with Crippen molar-refractivity contribution in [2.75, 3.05) is 11.9 Å². The lowest BCUT2D eigenvalue weighted by molar-refractivity contribution is 0.259. The van der Waals surface area contributed by atoms with Gasteiger partial charge in [-0.1, -0.05) is 55.9 Å². The molecule has 0 saturated heterocycles. The van der Waals surface area contributed by atoms with E-state index in [0.29, 0.717) is 16.7 Å². The van der Waals surface area contributed by atoms with E-state index in [9.17, 15) is 5.11 Å². The largest absolute Gasteiger partial charge is 0.394 e. The van der Waals surface area contributed by atoms with E-state index >= 15 is 0 Å². The summed E-state index contributed by atoms with van der Waals surface area (Å²) in [6.45, 7) is 4.35. The van der Waals surface area contributed by atoms with E-state index in [4.69, 9.17) is 4.98 Å². The second kappa shape index (κ2) is 9.12. The third-order valence-electron chi connectivity index (χ3n) is 3.74. The molecule has 3 aromatic rings. The molecule has 0 spiro atoms. The molecule has 0 radical (unpaired) electrons. The van der Waals surface area contributed by atoms with Gasteiger partial charge in [-0.3, -0.25) is 0 Å². The van der Waals surface area contributed by atoms with Crippen molar-refractivity contribution in [3.8, 4) is 0 Å². The molecule has 0 aliphatic rings. The smallest absolute Gasteiger partial charge is 0.191 e. The summed E-state index contributed by atoms with van der Waals surface area (Å²) < 4.78 is 1.68. The molecule has 3 rings (SSSR count). The molecule has 0 bridgehead atoms. The number of aliphatic hydroxyl groups excluding tert-OH is 1. The van der Waals surface area contributed by atoms with E-state index in [2.05, 4.69) is 57.2 Å². The maximum atomic E-state index is 9.70. The van der Waals surface area contributed by atoms with Crippen LogP contribution < -0.4 is 5.32 Å². The fourth-order valence-electron chi connectivity index (χ4n) is 2.60. The Bertz CT molecular complexity index is 857. The standard InChI is InChI=1S/C18H21BrN4OS2/c1-11(2)8-13(9-24)20-15-14-16(21-17(19)26-14)23-18(22-15)25-10-12-6-4-3-5-7-12/h3-7,11,13,24H,8-10H2,1-2H3,(H,20,22,23). The third-order valence-corrected chi connectivity index (χ3v) is 6.16. The maximum absolute atomic E-state index is 9.70. The van der Waals surface area contributed by atoms with Gasteiger partial charge < -0.3 is 10.4 Å². The van der Waals surface area contributed by atoms with E-state index in [1.165, 1.54) is 16.9 Å². The van der Waals surface area contributed by atoms with Crippen LogP contribution in [0.4, 0.5) is 5.82 Å². The van der Waals surface area contributed by atoms with Gasteiger partial charge in [0.25, 0.3) is 0 Å². The van der Waals surface area contributed by atoms with Gasteiger partial charge in [-0.2, -0.15) is 0 Å². The summed E-state index contributed by atoms with van der Waals surface area (Å²) in [6, 6.07) is 10.2. The summed E-state index contributed by atoms with van der Waals surface area (Å²) in [5, 5.41) is 13.8. The number of fused-ring (bicyclic) bond motifs is 1. The summed E-state index contributed by atoms with van der Waals surface area (Å²) in [6.07, 6.45) is 0.870.